The Balaban J connectivity index is 1.88. The van der Waals surface area contributed by atoms with Gasteiger partial charge in [0, 0.05) is 42.6 Å². The van der Waals surface area contributed by atoms with Crippen molar-refractivity contribution in [3.63, 3.8) is 0 Å². The first-order valence-corrected chi connectivity index (χ1v) is 11.7. The topological polar surface area (TPSA) is 45.5 Å². The number of halogens is 2. The summed E-state index contributed by atoms with van der Waals surface area (Å²) < 4.78 is 29.2. The zero-order valence-corrected chi connectivity index (χ0v) is 18.6. The summed E-state index contributed by atoms with van der Waals surface area (Å²) in [6, 6.07) is 14.3. The van der Waals surface area contributed by atoms with Gasteiger partial charge >= 0.3 is 0 Å². The Labute approximate surface area is 178 Å². The summed E-state index contributed by atoms with van der Waals surface area (Å²) >= 11 is 10.1. The van der Waals surface area contributed by atoms with Crippen molar-refractivity contribution in [2.24, 2.45) is 0 Å². The smallest absolute Gasteiger partial charge is 0.269 e. The highest BCUT2D eigenvalue weighted by Gasteiger charge is 2.29. The number of likely N-dealkylation sites (N-methyl/N-ethyl adjacent to an activating group) is 1. The zero-order chi connectivity index (χ0) is 19.9. The fourth-order valence-electron chi connectivity index (χ4n) is 3.60. The van der Waals surface area contributed by atoms with Crippen LogP contribution in [0.3, 0.4) is 0 Å². The molecule has 8 heteroatoms. The third-order valence-corrected chi connectivity index (χ3v) is 8.37. The van der Waals surface area contributed by atoms with Gasteiger partial charge < -0.3 is 4.90 Å². The van der Waals surface area contributed by atoms with E-state index in [1.807, 2.05) is 24.3 Å². The van der Waals surface area contributed by atoms with Gasteiger partial charge in [0.05, 0.1) is 16.2 Å². The molecule has 4 rings (SSSR count). The van der Waals surface area contributed by atoms with Crippen LogP contribution >= 0.6 is 27.5 Å². The molecule has 3 aromatic rings. The predicted octanol–water partition coefficient (Wildman–Crippen LogP) is 4.04. The van der Waals surface area contributed by atoms with Crippen molar-refractivity contribution in [2.45, 2.75) is 11.4 Å². The molecule has 0 saturated carbocycles. The number of fused-ring (bicyclic) bond motifs is 1. The highest BCUT2D eigenvalue weighted by atomic mass is 79.9. The lowest BCUT2D eigenvalue weighted by Gasteiger charge is -2.32. The summed E-state index contributed by atoms with van der Waals surface area (Å²) in [6.07, 6.45) is 0. The maximum atomic E-state index is 13.6. The van der Waals surface area contributed by atoms with Crippen molar-refractivity contribution >= 4 is 48.5 Å². The summed E-state index contributed by atoms with van der Waals surface area (Å²) in [6.45, 7) is 4.15. The number of aromatic nitrogens is 1. The van der Waals surface area contributed by atoms with Crippen molar-refractivity contribution in [3.8, 4) is 0 Å². The second-order valence-corrected chi connectivity index (χ2v) is 10.0. The number of hydrogen-bond donors (Lipinski definition) is 0. The molecule has 2 aromatic carbocycles. The third-order valence-electron chi connectivity index (χ3n) is 5.18. The van der Waals surface area contributed by atoms with E-state index in [4.69, 9.17) is 11.6 Å². The fraction of sp³-hybridized carbons (Fsp3) is 0.300. The van der Waals surface area contributed by atoms with E-state index in [0.29, 0.717) is 27.3 Å². The Kier molecular flexibility index (Phi) is 5.55. The van der Waals surface area contributed by atoms with E-state index in [2.05, 4.69) is 32.8 Å². The van der Waals surface area contributed by atoms with Gasteiger partial charge in [-0.25, -0.2) is 12.4 Å². The second-order valence-electron chi connectivity index (χ2n) is 7.06. The Morgan fingerprint density at radius 3 is 2.36 bits per heavy atom. The van der Waals surface area contributed by atoms with Crippen LogP contribution in [0.25, 0.3) is 10.9 Å². The van der Waals surface area contributed by atoms with Crippen LogP contribution in [-0.2, 0) is 16.6 Å². The minimum atomic E-state index is -3.82. The van der Waals surface area contributed by atoms with E-state index in [0.717, 1.165) is 31.6 Å². The lowest BCUT2D eigenvalue weighted by molar-refractivity contribution is 0.147. The number of para-hydroxylation sites is 1. The van der Waals surface area contributed by atoms with Crippen molar-refractivity contribution < 1.29 is 8.42 Å². The molecular formula is C20H21BrClN3O2S. The van der Waals surface area contributed by atoms with Gasteiger partial charge in [-0.1, -0.05) is 41.9 Å². The summed E-state index contributed by atoms with van der Waals surface area (Å²) in [7, 11) is -1.72. The molecular weight excluding hydrogens is 462 g/mol. The van der Waals surface area contributed by atoms with Crippen LogP contribution in [0.1, 0.15) is 5.69 Å². The van der Waals surface area contributed by atoms with Crippen LogP contribution in [0.15, 0.2) is 57.9 Å². The van der Waals surface area contributed by atoms with Crippen LogP contribution in [0.4, 0.5) is 0 Å². The molecule has 1 saturated heterocycles. The molecule has 0 N–H and O–H groups in total. The molecule has 0 atom stereocenters. The minimum absolute atomic E-state index is 0.229. The SMILES string of the molecule is CN1CCN(Cc2c(Cl)c3ccccc3n2S(=O)(=O)c2ccccc2Br)CC1. The van der Waals surface area contributed by atoms with Crippen LogP contribution in [0, 0.1) is 0 Å². The van der Waals surface area contributed by atoms with E-state index in [1.165, 1.54) is 3.97 Å². The highest BCUT2D eigenvalue weighted by Crippen LogP contribution is 2.36. The second kappa shape index (κ2) is 7.80. The Morgan fingerprint density at radius 1 is 1.00 bits per heavy atom. The first-order valence-electron chi connectivity index (χ1n) is 9.08. The van der Waals surface area contributed by atoms with E-state index in [-0.39, 0.29) is 4.90 Å². The van der Waals surface area contributed by atoms with Crippen molar-refractivity contribution in [2.75, 3.05) is 33.2 Å². The highest BCUT2D eigenvalue weighted by molar-refractivity contribution is 9.10. The van der Waals surface area contributed by atoms with Gasteiger partial charge in [0.2, 0.25) is 0 Å². The molecule has 0 unspecified atom stereocenters. The van der Waals surface area contributed by atoms with Crippen molar-refractivity contribution in [3.05, 3.63) is 63.7 Å². The first kappa shape index (κ1) is 19.9. The van der Waals surface area contributed by atoms with Gasteiger partial charge in [-0.2, -0.15) is 0 Å². The molecule has 0 aliphatic carbocycles. The number of rotatable bonds is 4. The predicted molar refractivity (Wildman–Crippen MR) is 116 cm³/mol. The number of hydrogen-bond acceptors (Lipinski definition) is 4. The fourth-order valence-corrected chi connectivity index (χ4v) is 6.48. The summed E-state index contributed by atoms with van der Waals surface area (Å²) in [5, 5.41) is 1.26. The van der Waals surface area contributed by atoms with Crippen molar-refractivity contribution in [1.82, 2.24) is 13.8 Å². The molecule has 0 spiro atoms. The van der Waals surface area contributed by atoms with Gasteiger partial charge in [-0.3, -0.25) is 4.90 Å². The standard InChI is InChI=1S/C20H21BrClN3O2S/c1-23-10-12-24(13-11-23)14-18-20(22)15-6-2-4-8-17(15)25(18)28(26,27)19-9-5-3-7-16(19)21/h2-9H,10-14H2,1H3. The van der Waals surface area contributed by atoms with E-state index in [9.17, 15) is 8.42 Å². The molecule has 5 nitrogen and oxygen atoms in total. The maximum absolute atomic E-state index is 13.6. The number of benzene rings is 2. The number of piperazine rings is 1. The van der Waals surface area contributed by atoms with Gasteiger partial charge in [0.25, 0.3) is 10.0 Å². The molecule has 28 heavy (non-hydrogen) atoms. The van der Waals surface area contributed by atoms with E-state index < -0.39 is 10.0 Å². The summed E-state index contributed by atoms with van der Waals surface area (Å²) in [5.41, 5.74) is 1.22. The molecule has 1 aliphatic rings. The van der Waals surface area contributed by atoms with E-state index >= 15 is 0 Å². The summed E-state index contributed by atoms with van der Waals surface area (Å²) in [5.74, 6) is 0. The lowest BCUT2D eigenvalue weighted by Crippen LogP contribution is -2.44. The zero-order valence-electron chi connectivity index (χ0n) is 15.5. The average Bonchev–Trinajstić information content (AvgIpc) is 2.96. The molecule has 1 fully saturated rings. The molecule has 0 bridgehead atoms. The lowest BCUT2D eigenvalue weighted by atomic mass is 10.2. The van der Waals surface area contributed by atoms with Gasteiger partial charge in [-0.15, -0.1) is 0 Å². The van der Waals surface area contributed by atoms with Crippen LogP contribution in [0.5, 0.6) is 0 Å². The first-order chi connectivity index (χ1) is 13.4. The number of nitrogens with zero attached hydrogens (tertiary/aromatic N) is 3. The van der Waals surface area contributed by atoms with Gasteiger partial charge in [-0.05, 0) is 41.2 Å². The Hall–Kier alpha value is -1.38. The maximum Gasteiger partial charge on any atom is 0.269 e. The molecule has 2 heterocycles. The van der Waals surface area contributed by atoms with Crippen molar-refractivity contribution in [1.29, 1.82) is 0 Å². The quantitative estimate of drug-likeness (QED) is 0.563. The Bertz CT molecular complexity index is 1120. The molecule has 0 radical (unpaired) electrons. The molecule has 1 aromatic heterocycles. The Morgan fingerprint density at radius 2 is 1.64 bits per heavy atom. The minimum Gasteiger partial charge on any atom is -0.304 e. The largest absolute Gasteiger partial charge is 0.304 e. The molecule has 0 amide bonds. The van der Waals surface area contributed by atoms with Gasteiger partial charge in [0.15, 0.2) is 0 Å². The normalized spacial score (nSPS) is 16.7. The van der Waals surface area contributed by atoms with Crippen LogP contribution < -0.4 is 0 Å². The van der Waals surface area contributed by atoms with Gasteiger partial charge in [0.1, 0.15) is 4.90 Å². The average molecular weight is 483 g/mol. The van der Waals surface area contributed by atoms with Crippen LogP contribution in [0.2, 0.25) is 5.02 Å². The third kappa shape index (κ3) is 3.50. The monoisotopic (exact) mass is 481 g/mol. The van der Waals surface area contributed by atoms with Crippen LogP contribution in [-0.4, -0.2) is 55.4 Å². The molecule has 1 aliphatic heterocycles. The summed E-state index contributed by atoms with van der Waals surface area (Å²) in [4.78, 5) is 4.75. The van der Waals surface area contributed by atoms with E-state index in [1.54, 1.807) is 24.3 Å². The molecule has 148 valence electrons.